The number of piperidine rings is 2. The molecule has 2 heterocycles. The Balaban J connectivity index is 1.79. The Bertz CT molecular complexity index is 431. The summed E-state index contributed by atoms with van der Waals surface area (Å²) in [6.45, 7) is 9.27. The Morgan fingerprint density at radius 2 is 1.71 bits per heavy atom. The second-order valence-corrected chi connectivity index (χ2v) is 7.86. The summed E-state index contributed by atoms with van der Waals surface area (Å²) in [6.07, 6.45) is -2.20. The first-order chi connectivity index (χ1) is 11.1. The molecule has 2 rings (SSSR count). The summed E-state index contributed by atoms with van der Waals surface area (Å²) >= 11 is 0. The molecular formula is C17H30F3N3O. The number of rotatable bonds is 4. The number of carbonyl (C=O) groups is 1. The third-order valence-electron chi connectivity index (χ3n) is 5.47. The third kappa shape index (κ3) is 5.09. The van der Waals surface area contributed by atoms with Crippen molar-refractivity contribution in [3.63, 3.8) is 0 Å². The molecule has 0 aromatic carbocycles. The van der Waals surface area contributed by atoms with Gasteiger partial charge < -0.3 is 10.2 Å². The lowest BCUT2D eigenvalue weighted by Crippen LogP contribution is -2.53. The van der Waals surface area contributed by atoms with Gasteiger partial charge >= 0.3 is 6.18 Å². The number of likely N-dealkylation sites (tertiary alicyclic amines) is 2. The molecule has 1 amide bonds. The second-order valence-electron chi connectivity index (χ2n) is 7.86. The Morgan fingerprint density at radius 1 is 1.12 bits per heavy atom. The fourth-order valence-electron chi connectivity index (χ4n) is 4.08. The minimum absolute atomic E-state index is 0.0637. The fraction of sp³-hybridized carbons (Fsp3) is 0.941. The smallest absolute Gasteiger partial charge is 0.352 e. The van der Waals surface area contributed by atoms with Crippen LogP contribution in [0.5, 0.6) is 0 Å². The molecule has 0 aromatic heterocycles. The van der Waals surface area contributed by atoms with Crippen molar-refractivity contribution in [2.24, 2.45) is 11.3 Å². The molecule has 2 aliphatic heterocycles. The van der Waals surface area contributed by atoms with Gasteiger partial charge in [-0.1, -0.05) is 20.8 Å². The van der Waals surface area contributed by atoms with Gasteiger partial charge in [0.15, 0.2) is 0 Å². The largest absolute Gasteiger partial charge is 0.392 e. The van der Waals surface area contributed by atoms with Crippen LogP contribution < -0.4 is 5.32 Å². The monoisotopic (exact) mass is 349 g/mol. The van der Waals surface area contributed by atoms with E-state index in [0.29, 0.717) is 13.1 Å². The first-order valence-electron chi connectivity index (χ1n) is 8.92. The summed E-state index contributed by atoms with van der Waals surface area (Å²) < 4.78 is 39.3. The zero-order valence-corrected chi connectivity index (χ0v) is 15.0. The van der Waals surface area contributed by atoms with Crippen LogP contribution in [0.3, 0.4) is 0 Å². The number of alkyl halides is 3. The number of nitrogens with one attached hydrogen (secondary N) is 1. The number of halogens is 3. The maximum atomic E-state index is 13.1. The van der Waals surface area contributed by atoms with Gasteiger partial charge in [-0.25, -0.2) is 0 Å². The summed E-state index contributed by atoms with van der Waals surface area (Å²) in [5, 5.41) is 3.05. The molecule has 2 fully saturated rings. The molecule has 0 bridgehead atoms. The molecular weight excluding hydrogens is 319 g/mol. The van der Waals surface area contributed by atoms with Crippen molar-refractivity contribution in [3.8, 4) is 0 Å². The summed E-state index contributed by atoms with van der Waals surface area (Å²) in [5.74, 6) is -1.35. The Kier molecular flexibility index (Phi) is 6.18. The van der Waals surface area contributed by atoms with E-state index >= 15 is 0 Å². The summed E-state index contributed by atoms with van der Waals surface area (Å²) in [6, 6.07) is 0.195. The molecule has 140 valence electrons. The highest BCUT2D eigenvalue weighted by molar-refractivity contribution is 5.78. The molecule has 0 aliphatic carbocycles. The van der Waals surface area contributed by atoms with Gasteiger partial charge in [0, 0.05) is 25.7 Å². The molecule has 7 heteroatoms. The Morgan fingerprint density at radius 3 is 2.21 bits per heavy atom. The van der Waals surface area contributed by atoms with Crippen LogP contribution in [-0.2, 0) is 4.79 Å². The predicted molar refractivity (Wildman–Crippen MR) is 87.7 cm³/mol. The van der Waals surface area contributed by atoms with Crippen molar-refractivity contribution in [3.05, 3.63) is 0 Å². The molecule has 2 aliphatic rings. The van der Waals surface area contributed by atoms with E-state index in [4.69, 9.17) is 0 Å². The Hall–Kier alpha value is -0.820. The highest BCUT2D eigenvalue weighted by Crippen LogP contribution is 2.44. The lowest BCUT2D eigenvalue weighted by atomic mass is 9.73. The topological polar surface area (TPSA) is 35.6 Å². The van der Waals surface area contributed by atoms with Crippen LogP contribution in [-0.4, -0.2) is 67.2 Å². The maximum Gasteiger partial charge on any atom is 0.392 e. The molecule has 2 saturated heterocycles. The van der Waals surface area contributed by atoms with E-state index in [0.717, 1.165) is 32.5 Å². The van der Waals surface area contributed by atoms with Gasteiger partial charge in [-0.05, 0) is 37.8 Å². The van der Waals surface area contributed by atoms with Gasteiger partial charge in [0.1, 0.15) is 0 Å². The van der Waals surface area contributed by atoms with Crippen molar-refractivity contribution in [2.45, 2.75) is 52.3 Å². The van der Waals surface area contributed by atoms with Crippen molar-refractivity contribution in [1.82, 2.24) is 15.1 Å². The van der Waals surface area contributed by atoms with E-state index in [-0.39, 0.29) is 24.9 Å². The van der Waals surface area contributed by atoms with Gasteiger partial charge in [-0.3, -0.25) is 9.69 Å². The van der Waals surface area contributed by atoms with Crippen LogP contribution in [0.25, 0.3) is 0 Å². The quantitative estimate of drug-likeness (QED) is 0.847. The van der Waals surface area contributed by atoms with Crippen LogP contribution in [0.4, 0.5) is 13.2 Å². The molecule has 0 unspecified atom stereocenters. The van der Waals surface area contributed by atoms with Crippen LogP contribution in [0, 0.1) is 11.3 Å². The van der Waals surface area contributed by atoms with E-state index in [2.05, 4.69) is 17.1 Å². The van der Waals surface area contributed by atoms with Crippen molar-refractivity contribution in [2.75, 3.05) is 39.3 Å². The van der Waals surface area contributed by atoms with E-state index in [1.54, 1.807) is 13.8 Å². The average Bonchev–Trinajstić information content (AvgIpc) is 2.45. The minimum atomic E-state index is -4.16. The fourth-order valence-corrected chi connectivity index (χ4v) is 4.08. The highest BCUT2D eigenvalue weighted by atomic mass is 19.4. The predicted octanol–water partition coefficient (Wildman–Crippen LogP) is 2.50. The number of nitrogens with zero attached hydrogens (tertiary/aromatic N) is 2. The molecule has 0 saturated carbocycles. The van der Waals surface area contributed by atoms with E-state index < -0.39 is 17.5 Å². The van der Waals surface area contributed by atoms with Crippen molar-refractivity contribution in [1.29, 1.82) is 0 Å². The normalized spacial score (nSPS) is 27.2. The summed E-state index contributed by atoms with van der Waals surface area (Å²) in [5.41, 5.74) is -0.858. The third-order valence-corrected chi connectivity index (χ3v) is 5.47. The van der Waals surface area contributed by atoms with Gasteiger partial charge in [-0.15, -0.1) is 0 Å². The van der Waals surface area contributed by atoms with Crippen molar-refractivity contribution < 1.29 is 18.0 Å². The van der Waals surface area contributed by atoms with E-state index in [9.17, 15) is 18.0 Å². The Labute approximate surface area is 142 Å². The first-order valence-corrected chi connectivity index (χ1v) is 8.92. The zero-order valence-electron chi connectivity index (χ0n) is 15.0. The molecule has 0 aromatic rings. The number of hydrogen-bond donors (Lipinski definition) is 1. The molecule has 24 heavy (non-hydrogen) atoms. The lowest BCUT2D eigenvalue weighted by molar-refractivity contribution is -0.216. The number of hydrogen-bond acceptors (Lipinski definition) is 3. The molecule has 0 radical (unpaired) electrons. The van der Waals surface area contributed by atoms with Crippen LogP contribution >= 0.6 is 0 Å². The van der Waals surface area contributed by atoms with E-state index in [1.807, 2.05) is 4.90 Å². The number of carbonyl (C=O) groups excluding carboxylic acids is 1. The highest BCUT2D eigenvalue weighted by Gasteiger charge is 2.51. The zero-order chi connectivity index (χ0) is 18.0. The minimum Gasteiger partial charge on any atom is -0.352 e. The lowest BCUT2D eigenvalue weighted by Gasteiger charge is -2.44. The molecule has 1 N–H and O–H groups in total. The van der Waals surface area contributed by atoms with Crippen LogP contribution in [0.1, 0.15) is 40.0 Å². The maximum absolute atomic E-state index is 13.1. The van der Waals surface area contributed by atoms with Gasteiger partial charge in [0.25, 0.3) is 0 Å². The van der Waals surface area contributed by atoms with Gasteiger partial charge in [0.05, 0.1) is 12.5 Å². The average molecular weight is 349 g/mol. The van der Waals surface area contributed by atoms with Gasteiger partial charge in [0.2, 0.25) is 5.91 Å². The van der Waals surface area contributed by atoms with Crippen LogP contribution in [0.15, 0.2) is 0 Å². The first kappa shape index (κ1) is 19.5. The number of amides is 1. The van der Waals surface area contributed by atoms with Gasteiger partial charge in [-0.2, -0.15) is 13.2 Å². The molecule has 0 spiro atoms. The standard InChI is InChI=1S/C17H30F3N3O/c1-4-22-8-5-13(6-9-22)21-15(24)11-23-10-7-14(17(18,19)20)16(2,3)12-23/h13-14H,4-12H2,1-3H3,(H,21,24)/t14-/m1/s1. The summed E-state index contributed by atoms with van der Waals surface area (Å²) in [4.78, 5) is 16.4. The van der Waals surface area contributed by atoms with E-state index in [1.165, 1.54) is 0 Å². The second kappa shape index (κ2) is 7.60. The molecule has 4 nitrogen and oxygen atoms in total. The molecule has 1 atom stereocenters. The van der Waals surface area contributed by atoms with Crippen molar-refractivity contribution >= 4 is 5.91 Å². The SMILES string of the molecule is CCN1CCC(NC(=O)CN2CC[C@@H](C(F)(F)F)C(C)(C)C2)CC1. The van der Waals surface area contributed by atoms with Crippen LogP contribution in [0.2, 0.25) is 0 Å². The summed E-state index contributed by atoms with van der Waals surface area (Å²) in [7, 11) is 0.